The van der Waals surface area contributed by atoms with Crippen molar-refractivity contribution in [1.82, 2.24) is 5.32 Å². The fraction of sp³-hybridized carbons (Fsp3) is 0.375. The zero-order valence-corrected chi connectivity index (χ0v) is 23.1. The first-order valence-corrected chi connectivity index (χ1v) is 13.7. The Morgan fingerprint density at radius 2 is 1.49 bits per heavy atom. The molecule has 0 bridgehead atoms. The molecule has 0 spiro atoms. The van der Waals surface area contributed by atoms with Crippen LogP contribution in [0.3, 0.4) is 0 Å². The van der Waals surface area contributed by atoms with Gasteiger partial charge in [0.15, 0.2) is 18.7 Å². The van der Waals surface area contributed by atoms with Crippen LogP contribution in [0.15, 0.2) is 91.0 Å². The Kier molecular flexibility index (Phi) is 9.76. The van der Waals surface area contributed by atoms with Crippen molar-refractivity contribution in [3.8, 4) is 0 Å². The summed E-state index contributed by atoms with van der Waals surface area (Å²) < 4.78 is 36.8. The zero-order valence-electron chi connectivity index (χ0n) is 23.1. The second kappa shape index (κ2) is 13.8. The number of benzene rings is 3. The molecule has 2 aliphatic rings. The van der Waals surface area contributed by atoms with Crippen LogP contribution in [0.4, 0.5) is 0 Å². The summed E-state index contributed by atoms with van der Waals surface area (Å²) in [7, 11) is 0. The number of ether oxygens (including phenoxy) is 6. The lowest BCUT2D eigenvalue weighted by molar-refractivity contribution is -0.352. The summed E-state index contributed by atoms with van der Waals surface area (Å²) in [6.07, 6.45) is -4.58. The van der Waals surface area contributed by atoms with Crippen molar-refractivity contribution in [2.45, 2.75) is 70.1 Å². The number of amides is 1. The van der Waals surface area contributed by atoms with Crippen LogP contribution in [0.2, 0.25) is 0 Å². The molecule has 7 atom stereocenters. The van der Waals surface area contributed by atoms with Crippen LogP contribution in [0, 0.1) is 0 Å². The first-order valence-electron chi connectivity index (χ1n) is 13.7. The van der Waals surface area contributed by atoms with E-state index in [4.69, 9.17) is 28.4 Å². The largest absolute Gasteiger partial charge is 0.459 e. The van der Waals surface area contributed by atoms with Gasteiger partial charge in [-0.05, 0) is 18.1 Å². The molecule has 3 aromatic rings. The van der Waals surface area contributed by atoms with Gasteiger partial charge in [-0.1, -0.05) is 91.0 Å². The summed E-state index contributed by atoms with van der Waals surface area (Å²) >= 11 is 0. The van der Waals surface area contributed by atoms with Gasteiger partial charge in [0.2, 0.25) is 5.91 Å². The maximum atomic E-state index is 13.0. The summed E-state index contributed by atoms with van der Waals surface area (Å²) in [6, 6.07) is 27.8. The first kappa shape index (κ1) is 28.9. The molecular weight excluding hydrogens is 526 g/mol. The molecule has 1 unspecified atom stereocenters. The monoisotopic (exact) mass is 561 g/mol. The predicted octanol–water partition coefficient (Wildman–Crippen LogP) is 4.06. The molecule has 2 heterocycles. The van der Waals surface area contributed by atoms with Crippen LogP contribution in [-0.2, 0) is 51.2 Å². The maximum Gasteiger partial charge on any atom is 0.335 e. The Hall–Kier alpha value is -3.60. The number of fused-ring (bicyclic) bond motifs is 1. The normalized spacial score (nSPS) is 26.4. The topological polar surface area (TPSA) is 102 Å². The van der Waals surface area contributed by atoms with Crippen LogP contribution >= 0.6 is 0 Å². The Labute approximate surface area is 239 Å². The predicted molar refractivity (Wildman–Crippen MR) is 148 cm³/mol. The van der Waals surface area contributed by atoms with Gasteiger partial charge in [-0.3, -0.25) is 4.79 Å². The molecule has 3 aromatic carbocycles. The van der Waals surface area contributed by atoms with E-state index in [1.807, 2.05) is 91.0 Å². The maximum absolute atomic E-state index is 13.0. The summed E-state index contributed by atoms with van der Waals surface area (Å²) in [5.74, 6) is -0.836. The highest BCUT2D eigenvalue weighted by atomic mass is 16.8. The van der Waals surface area contributed by atoms with Crippen molar-refractivity contribution in [2.24, 2.45) is 0 Å². The Morgan fingerprint density at radius 1 is 0.878 bits per heavy atom. The number of hydrogen-bond donors (Lipinski definition) is 1. The Morgan fingerprint density at radius 3 is 2.12 bits per heavy atom. The van der Waals surface area contributed by atoms with Crippen molar-refractivity contribution < 1.29 is 38.0 Å². The van der Waals surface area contributed by atoms with Crippen LogP contribution in [0.25, 0.3) is 0 Å². The van der Waals surface area contributed by atoms with E-state index in [2.05, 4.69) is 5.32 Å². The van der Waals surface area contributed by atoms with Crippen LogP contribution in [-0.4, -0.2) is 55.2 Å². The summed E-state index contributed by atoms with van der Waals surface area (Å²) in [4.78, 5) is 25.4. The van der Waals surface area contributed by atoms with Gasteiger partial charge in [0.1, 0.15) is 31.0 Å². The smallest absolute Gasteiger partial charge is 0.335 e. The second-order valence-electron chi connectivity index (χ2n) is 10.1. The zero-order chi connectivity index (χ0) is 28.6. The second-order valence-corrected chi connectivity index (χ2v) is 10.1. The fourth-order valence-electron chi connectivity index (χ4n) is 4.93. The third-order valence-electron chi connectivity index (χ3n) is 6.95. The van der Waals surface area contributed by atoms with Crippen molar-refractivity contribution in [2.75, 3.05) is 6.61 Å². The molecular formula is C32H35NO8. The van der Waals surface area contributed by atoms with Gasteiger partial charge in [0.05, 0.1) is 13.2 Å². The average molecular weight is 562 g/mol. The van der Waals surface area contributed by atoms with E-state index in [-0.39, 0.29) is 25.7 Å². The number of nitrogens with one attached hydrogen (secondary N) is 1. The fourth-order valence-corrected chi connectivity index (χ4v) is 4.93. The molecule has 9 heteroatoms. The van der Waals surface area contributed by atoms with Crippen LogP contribution in [0.1, 0.15) is 36.8 Å². The lowest BCUT2D eigenvalue weighted by Crippen LogP contribution is -2.68. The van der Waals surface area contributed by atoms with Crippen molar-refractivity contribution in [1.29, 1.82) is 0 Å². The molecule has 216 valence electrons. The molecule has 2 saturated heterocycles. The molecule has 41 heavy (non-hydrogen) atoms. The summed E-state index contributed by atoms with van der Waals surface area (Å²) in [5.41, 5.74) is 2.64. The van der Waals surface area contributed by atoms with Crippen molar-refractivity contribution >= 4 is 11.9 Å². The molecule has 5 rings (SSSR count). The van der Waals surface area contributed by atoms with Gasteiger partial charge in [0.25, 0.3) is 0 Å². The van der Waals surface area contributed by atoms with E-state index in [0.717, 1.165) is 16.7 Å². The lowest BCUT2D eigenvalue weighted by Gasteiger charge is -2.49. The Bertz CT molecular complexity index is 1260. The number of rotatable bonds is 10. The minimum Gasteiger partial charge on any atom is -0.459 e. The minimum absolute atomic E-state index is 0.117. The molecule has 1 amide bonds. The number of carbonyl (C=O) groups is 2. The molecule has 0 radical (unpaired) electrons. The molecule has 2 aliphatic heterocycles. The standard InChI is InChI=1S/C32H35NO8/c1-21(30(35)36-18-23-12-6-3-7-13-23)39-29-27(33-22(2)34)32(37-19-24-14-8-4-9-15-24)40-26-20-38-31(41-28(26)29)25-16-10-5-11-17-25/h3-17,21,26-29,31-32H,18-20H2,1-2H3,(H,33,34)/t21-,26-,27-,28-,29-,31?,32+/m1/s1. The highest BCUT2D eigenvalue weighted by Crippen LogP contribution is 2.36. The van der Waals surface area contributed by atoms with E-state index >= 15 is 0 Å². The molecule has 9 nitrogen and oxygen atoms in total. The highest BCUT2D eigenvalue weighted by Gasteiger charge is 2.52. The first-order chi connectivity index (χ1) is 20.0. The molecule has 0 aliphatic carbocycles. The lowest BCUT2D eigenvalue weighted by atomic mass is 9.95. The van der Waals surface area contributed by atoms with Crippen LogP contribution < -0.4 is 5.32 Å². The van der Waals surface area contributed by atoms with Gasteiger partial charge >= 0.3 is 5.97 Å². The average Bonchev–Trinajstić information content (AvgIpc) is 3.01. The molecule has 0 saturated carbocycles. The van der Waals surface area contributed by atoms with Crippen LogP contribution in [0.5, 0.6) is 0 Å². The summed E-state index contributed by atoms with van der Waals surface area (Å²) in [5, 5.41) is 2.92. The van der Waals surface area contributed by atoms with Gasteiger partial charge in [-0.2, -0.15) is 0 Å². The molecule has 1 N–H and O–H groups in total. The van der Waals surface area contributed by atoms with E-state index in [1.165, 1.54) is 6.92 Å². The highest BCUT2D eigenvalue weighted by molar-refractivity contribution is 5.74. The SMILES string of the molecule is CC(=O)N[C@H]1[C@@H](OCc2ccccc2)O[C@@H]2COC(c3ccccc3)O[C@H]2[C@@H]1O[C@H](C)C(=O)OCc1ccccc1. The summed E-state index contributed by atoms with van der Waals surface area (Å²) in [6.45, 7) is 3.60. The minimum atomic E-state index is -0.963. The van der Waals surface area contributed by atoms with Gasteiger partial charge < -0.3 is 33.7 Å². The van der Waals surface area contributed by atoms with Gasteiger partial charge in [-0.25, -0.2) is 4.79 Å². The van der Waals surface area contributed by atoms with Gasteiger partial charge in [-0.15, -0.1) is 0 Å². The van der Waals surface area contributed by atoms with Crippen molar-refractivity contribution in [3.63, 3.8) is 0 Å². The van der Waals surface area contributed by atoms with Crippen molar-refractivity contribution in [3.05, 3.63) is 108 Å². The van der Waals surface area contributed by atoms with E-state index in [1.54, 1.807) is 6.92 Å². The molecule has 2 fully saturated rings. The van der Waals surface area contributed by atoms with Gasteiger partial charge in [0, 0.05) is 12.5 Å². The van der Waals surface area contributed by atoms with E-state index in [0.29, 0.717) is 0 Å². The molecule has 0 aromatic heterocycles. The number of esters is 1. The number of carbonyl (C=O) groups excluding carboxylic acids is 2. The Balaban J connectivity index is 1.36. The third-order valence-corrected chi connectivity index (χ3v) is 6.95. The third kappa shape index (κ3) is 7.58. The van der Waals surface area contributed by atoms with E-state index < -0.39 is 49.0 Å². The number of hydrogen-bond acceptors (Lipinski definition) is 8. The quantitative estimate of drug-likeness (QED) is 0.370. The van der Waals surface area contributed by atoms with E-state index in [9.17, 15) is 9.59 Å².